The van der Waals surface area contributed by atoms with Crippen molar-refractivity contribution in [3.05, 3.63) is 35.4 Å². The third-order valence-electron chi connectivity index (χ3n) is 2.99. The molecule has 106 valence electrons. The average Bonchev–Trinajstić information content (AvgIpc) is 2.35. The van der Waals surface area contributed by atoms with Gasteiger partial charge in [0.2, 0.25) is 0 Å². The molecular weight excluding hydrogens is 238 g/mol. The summed E-state index contributed by atoms with van der Waals surface area (Å²) in [4.78, 5) is 12.2. The average molecular weight is 263 g/mol. The Bertz CT molecular complexity index is 401. The zero-order valence-electron chi connectivity index (χ0n) is 12.4. The van der Waals surface area contributed by atoms with Crippen LogP contribution in [-0.4, -0.2) is 25.7 Å². The minimum Gasteiger partial charge on any atom is -0.459 e. The normalized spacial score (nSPS) is 12.5. The third kappa shape index (κ3) is 5.43. The van der Waals surface area contributed by atoms with E-state index in [-0.39, 0.29) is 12.1 Å². The van der Waals surface area contributed by atoms with Crippen LogP contribution in [-0.2, 0) is 11.2 Å². The second kappa shape index (κ2) is 7.95. The lowest BCUT2D eigenvalue weighted by atomic mass is 10.0. The fraction of sp³-hybridized carbons (Fsp3) is 0.562. The highest BCUT2D eigenvalue weighted by Gasteiger charge is 2.15. The molecule has 0 aliphatic carbocycles. The molecule has 0 aliphatic rings. The monoisotopic (exact) mass is 263 g/mol. The standard InChI is InChI=1S/C16H25NO2/c1-12(2)11-13(3)19-16(18)15-8-6-5-7-14(15)9-10-17-4/h5-8,12-13,17H,9-11H2,1-4H3. The maximum Gasteiger partial charge on any atom is 0.338 e. The van der Waals surface area contributed by atoms with Gasteiger partial charge in [-0.15, -0.1) is 0 Å². The highest BCUT2D eigenvalue weighted by atomic mass is 16.5. The van der Waals surface area contributed by atoms with E-state index in [0.717, 1.165) is 24.9 Å². The molecule has 3 heteroatoms. The predicted octanol–water partition coefficient (Wildman–Crippen LogP) is 3.04. The lowest BCUT2D eigenvalue weighted by Crippen LogP contribution is -2.19. The number of carbonyl (C=O) groups excluding carboxylic acids is 1. The van der Waals surface area contributed by atoms with E-state index in [1.165, 1.54) is 0 Å². The molecule has 1 aromatic rings. The second-order valence-corrected chi connectivity index (χ2v) is 5.36. The maximum absolute atomic E-state index is 12.2. The summed E-state index contributed by atoms with van der Waals surface area (Å²) in [6.07, 6.45) is 1.69. The van der Waals surface area contributed by atoms with Crippen molar-refractivity contribution in [2.45, 2.75) is 39.7 Å². The van der Waals surface area contributed by atoms with E-state index < -0.39 is 0 Å². The van der Waals surface area contributed by atoms with Crippen LogP contribution in [0.5, 0.6) is 0 Å². The predicted molar refractivity (Wildman–Crippen MR) is 78.4 cm³/mol. The molecule has 0 amide bonds. The second-order valence-electron chi connectivity index (χ2n) is 5.36. The van der Waals surface area contributed by atoms with Crippen molar-refractivity contribution in [3.63, 3.8) is 0 Å². The fourth-order valence-electron chi connectivity index (χ4n) is 2.16. The smallest absolute Gasteiger partial charge is 0.338 e. The summed E-state index contributed by atoms with van der Waals surface area (Å²) in [6, 6.07) is 7.67. The number of likely N-dealkylation sites (N-methyl/N-ethyl adjacent to an activating group) is 1. The van der Waals surface area contributed by atoms with Crippen LogP contribution in [0.1, 0.15) is 43.1 Å². The van der Waals surface area contributed by atoms with Crippen molar-refractivity contribution in [2.75, 3.05) is 13.6 Å². The first kappa shape index (κ1) is 15.7. The van der Waals surface area contributed by atoms with Crippen LogP contribution < -0.4 is 5.32 Å². The van der Waals surface area contributed by atoms with E-state index in [1.54, 1.807) is 0 Å². The topological polar surface area (TPSA) is 38.3 Å². The van der Waals surface area contributed by atoms with Gasteiger partial charge in [0.1, 0.15) is 0 Å². The van der Waals surface area contributed by atoms with Crippen LogP contribution >= 0.6 is 0 Å². The number of nitrogens with one attached hydrogen (secondary N) is 1. The lowest BCUT2D eigenvalue weighted by Gasteiger charge is -2.16. The van der Waals surface area contributed by atoms with Gasteiger partial charge in [0.05, 0.1) is 11.7 Å². The first-order chi connectivity index (χ1) is 9.04. The molecule has 0 saturated heterocycles. The number of ether oxygens (including phenoxy) is 1. The van der Waals surface area contributed by atoms with Gasteiger partial charge in [-0.05, 0) is 50.9 Å². The van der Waals surface area contributed by atoms with Crippen LogP contribution in [0.2, 0.25) is 0 Å². The SMILES string of the molecule is CNCCc1ccccc1C(=O)OC(C)CC(C)C. The van der Waals surface area contributed by atoms with Gasteiger partial charge in [0, 0.05) is 0 Å². The lowest BCUT2D eigenvalue weighted by molar-refractivity contribution is 0.0298. The van der Waals surface area contributed by atoms with Crippen LogP contribution in [0.25, 0.3) is 0 Å². The minimum atomic E-state index is -0.208. The molecule has 1 N–H and O–H groups in total. The van der Waals surface area contributed by atoms with Gasteiger partial charge >= 0.3 is 5.97 Å². The first-order valence-corrected chi connectivity index (χ1v) is 6.98. The molecule has 0 spiro atoms. The molecule has 1 rings (SSSR count). The summed E-state index contributed by atoms with van der Waals surface area (Å²) < 4.78 is 5.51. The van der Waals surface area contributed by atoms with Crippen molar-refractivity contribution >= 4 is 5.97 Å². The number of rotatable bonds is 7. The molecule has 1 aromatic carbocycles. The molecule has 0 bridgehead atoms. The van der Waals surface area contributed by atoms with Gasteiger partial charge in [-0.1, -0.05) is 32.0 Å². The first-order valence-electron chi connectivity index (χ1n) is 6.98. The number of esters is 1. The summed E-state index contributed by atoms with van der Waals surface area (Å²) >= 11 is 0. The van der Waals surface area contributed by atoms with Crippen LogP contribution in [0.3, 0.4) is 0 Å². The Kier molecular flexibility index (Phi) is 6.57. The quantitative estimate of drug-likeness (QED) is 0.768. The summed E-state index contributed by atoms with van der Waals surface area (Å²) in [5.74, 6) is 0.321. The molecule has 19 heavy (non-hydrogen) atoms. The van der Waals surface area contributed by atoms with E-state index in [0.29, 0.717) is 11.5 Å². The molecule has 0 aromatic heterocycles. The summed E-state index contributed by atoms with van der Waals surface area (Å²) in [6.45, 7) is 7.07. The molecular formula is C16H25NO2. The van der Waals surface area contributed by atoms with Crippen molar-refractivity contribution < 1.29 is 9.53 Å². The molecule has 0 fully saturated rings. The van der Waals surface area contributed by atoms with E-state index in [1.807, 2.05) is 38.2 Å². The zero-order chi connectivity index (χ0) is 14.3. The summed E-state index contributed by atoms with van der Waals surface area (Å²) in [5, 5.41) is 3.10. The van der Waals surface area contributed by atoms with Gasteiger partial charge in [-0.3, -0.25) is 0 Å². The number of benzene rings is 1. The Labute approximate surface area is 116 Å². The van der Waals surface area contributed by atoms with Crippen LogP contribution in [0, 0.1) is 5.92 Å². The Morgan fingerprint density at radius 1 is 1.26 bits per heavy atom. The molecule has 1 atom stereocenters. The van der Waals surface area contributed by atoms with E-state index in [9.17, 15) is 4.79 Å². The molecule has 0 aliphatic heterocycles. The Morgan fingerprint density at radius 2 is 1.95 bits per heavy atom. The number of carbonyl (C=O) groups is 1. The van der Waals surface area contributed by atoms with Gasteiger partial charge in [-0.25, -0.2) is 4.79 Å². The molecule has 1 unspecified atom stereocenters. The summed E-state index contributed by atoms with van der Waals surface area (Å²) in [5.41, 5.74) is 1.73. The van der Waals surface area contributed by atoms with Crippen molar-refractivity contribution in [2.24, 2.45) is 5.92 Å². The van der Waals surface area contributed by atoms with E-state index in [2.05, 4.69) is 19.2 Å². The van der Waals surface area contributed by atoms with Crippen LogP contribution in [0.4, 0.5) is 0 Å². The van der Waals surface area contributed by atoms with Gasteiger partial charge < -0.3 is 10.1 Å². The Hall–Kier alpha value is -1.35. The largest absolute Gasteiger partial charge is 0.459 e. The van der Waals surface area contributed by atoms with Crippen LogP contribution in [0.15, 0.2) is 24.3 Å². The van der Waals surface area contributed by atoms with Gasteiger partial charge in [0.15, 0.2) is 0 Å². The third-order valence-corrected chi connectivity index (χ3v) is 2.99. The number of hydrogen-bond acceptors (Lipinski definition) is 3. The van der Waals surface area contributed by atoms with Crippen molar-refractivity contribution in [1.82, 2.24) is 5.32 Å². The van der Waals surface area contributed by atoms with Crippen molar-refractivity contribution in [3.8, 4) is 0 Å². The minimum absolute atomic E-state index is 0.0372. The molecule has 0 radical (unpaired) electrons. The summed E-state index contributed by atoms with van der Waals surface area (Å²) in [7, 11) is 1.91. The fourth-order valence-corrected chi connectivity index (χ4v) is 2.16. The highest BCUT2D eigenvalue weighted by molar-refractivity contribution is 5.91. The highest BCUT2D eigenvalue weighted by Crippen LogP contribution is 2.14. The van der Waals surface area contributed by atoms with E-state index in [4.69, 9.17) is 4.74 Å². The zero-order valence-corrected chi connectivity index (χ0v) is 12.4. The Balaban J connectivity index is 2.70. The van der Waals surface area contributed by atoms with Gasteiger partial charge in [0.25, 0.3) is 0 Å². The molecule has 0 heterocycles. The van der Waals surface area contributed by atoms with Gasteiger partial charge in [-0.2, -0.15) is 0 Å². The maximum atomic E-state index is 12.2. The number of hydrogen-bond donors (Lipinski definition) is 1. The molecule has 3 nitrogen and oxygen atoms in total. The van der Waals surface area contributed by atoms with E-state index >= 15 is 0 Å². The Morgan fingerprint density at radius 3 is 2.58 bits per heavy atom. The molecule has 0 saturated carbocycles. The van der Waals surface area contributed by atoms with Crippen molar-refractivity contribution in [1.29, 1.82) is 0 Å².